The predicted octanol–water partition coefficient (Wildman–Crippen LogP) is 1.92. The van der Waals surface area contributed by atoms with Crippen LogP contribution < -0.4 is 5.73 Å². The smallest absolute Gasteiger partial charge is 0.354 e. The number of ether oxygens (including phenoxy) is 1. The zero-order valence-corrected chi connectivity index (χ0v) is 12.0. The SMILES string of the molecule is CCOC(=O)C1(Cc2cccc(Cl)c2)CC(CN)=NO1. The number of hydrogen-bond donors (Lipinski definition) is 1. The summed E-state index contributed by atoms with van der Waals surface area (Å²) < 4.78 is 5.11. The van der Waals surface area contributed by atoms with E-state index < -0.39 is 11.6 Å². The minimum absolute atomic E-state index is 0.261. The van der Waals surface area contributed by atoms with Crippen LogP contribution in [0.3, 0.4) is 0 Å². The molecule has 0 fully saturated rings. The maximum atomic E-state index is 12.2. The molecule has 2 rings (SSSR count). The molecule has 1 atom stereocenters. The lowest BCUT2D eigenvalue weighted by Crippen LogP contribution is -2.43. The molecule has 6 heteroatoms. The molecule has 0 amide bonds. The summed E-state index contributed by atoms with van der Waals surface area (Å²) in [5.74, 6) is -0.424. The Balaban J connectivity index is 2.22. The maximum absolute atomic E-state index is 12.2. The van der Waals surface area contributed by atoms with Crippen LogP contribution in [0.5, 0.6) is 0 Å². The Morgan fingerprint density at radius 2 is 2.40 bits per heavy atom. The number of nitrogens with zero attached hydrogens (tertiary/aromatic N) is 1. The van der Waals surface area contributed by atoms with Crippen LogP contribution in [0.2, 0.25) is 5.02 Å². The van der Waals surface area contributed by atoms with Gasteiger partial charge in [0, 0.05) is 24.4 Å². The molecule has 2 N–H and O–H groups in total. The van der Waals surface area contributed by atoms with Gasteiger partial charge < -0.3 is 15.3 Å². The molecule has 0 saturated carbocycles. The molecule has 0 aliphatic carbocycles. The summed E-state index contributed by atoms with van der Waals surface area (Å²) in [6, 6.07) is 7.29. The lowest BCUT2D eigenvalue weighted by Gasteiger charge is -2.24. The molecule has 1 unspecified atom stereocenters. The van der Waals surface area contributed by atoms with Crippen molar-refractivity contribution < 1.29 is 14.4 Å². The zero-order valence-electron chi connectivity index (χ0n) is 11.3. The number of hydrogen-bond acceptors (Lipinski definition) is 5. The van der Waals surface area contributed by atoms with E-state index in [1.165, 1.54) is 0 Å². The fourth-order valence-corrected chi connectivity index (χ4v) is 2.38. The Morgan fingerprint density at radius 3 is 3.00 bits per heavy atom. The van der Waals surface area contributed by atoms with E-state index in [0.717, 1.165) is 5.56 Å². The second-order valence-electron chi connectivity index (χ2n) is 4.65. The van der Waals surface area contributed by atoms with Crippen molar-refractivity contribution in [2.24, 2.45) is 10.9 Å². The van der Waals surface area contributed by atoms with Gasteiger partial charge in [-0.1, -0.05) is 28.9 Å². The molecule has 0 aromatic heterocycles. The van der Waals surface area contributed by atoms with E-state index in [1.807, 2.05) is 12.1 Å². The number of rotatable bonds is 5. The Labute approximate surface area is 122 Å². The highest BCUT2D eigenvalue weighted by atomic mass is 35.5. The van der Waals surface area contributed by atoms with Gasteiger partial charge in [-0.05, 0) is 24.6 Å². The highest BCUT2D eigenvalue weighted by Crippen LogP contribution is 2.30. The van der Waals surface area contributed by atoms with Gasteiger partial charge in [0.05, 0.1) is 12.3 Å². The molecule has 1 heterocycles. The average molecular weight is 297 g/mol. The van der Waals surface area contributed by atoms with Crippen molar-refractivity contribution in [2.75, 3.05) is 13.2 Å². The van der Waals surface area contributed by atoms with Crippen molar-refractivity contribution in [3.63, 3.8) is 0 Å². The van der Waals surface area contributed by atoms with Gasteiger partial charge in [-0.25, -0.2) is 4.79 Å². The zero-order chi connectivity index (χ0) is 14.6. The lowest BCUT2D eigenvalue weighted by atomic mass is 9.89. The van der Waals surface area contributed by atoms with Crippen molar-refractivity contribution in [1.29, 1.82) is 0 Å². The number of carbonyl (C=O) groups excluding carboxylic acids is 1. The number of oxime groups is 1. The van der Waals surface area contributed by atoms with Crippen LogP contribution in [0, 0.1) is 0 Å². The van der Waals surface area contributed by atoms with Gasteiger partial charge in [-0.15, -0.1) is 0 Å². The number of halogens is 1. The molecule has 5 nitrogen and oxygen atoms in total. The molecule has 1 aliphatic heterocycles. The van der Waals surface area contributed by atoms with Crippen molar-refractivity contribution in [3.05, 3.63) is 34.9 Å². The summed E-state index contributed by atoms with van der Waals surface area (Å²) in [7, 11) is 0. The van der Waals surface area contributed by atoms with Crippen LogP contribution in [0.4, 0.5) is 0 Å². The molecule has 1 aliphatic rings. The van der Waals surface area contributed by atoms with E-state index in [0.29, 0.717) is 23.6 Å². The Bertz CT molecular complexity index is 533. The summed E-state index contributed by atoms with van der Waals surface area (Å²) in [5, 5.41) is 4.50. The van der Waals surface area contributed by atoms with E-state index in [2.05, 4.69) is 5.16 Å². The normalized spacial score (nSPS) is 21.2. The highest BCUT2D eigenvalue weighted by Gasteiger charge is 2.47. The standard InChI is InChI=1S/C14H17ClN2O3/c1-2-19-13(18)14(8-12(9-16)17-20-14)7-10-4-3-5-11(15)6-10/h3-6H,2,7-9,16H2,1H3. The number of benzene rings is 1. The molecule has 20 heavy (non-hydrogen) atoms. The first-order chi connectivity index (χ1) is 9.59. The highest BCUT2D eigenvalue weighted by molar-refractivity contribution is 6.30. The molecule has 1 aromatic rings. The average Bonchev–Trinajstić information content (AvgIpc) is 2.84. The van der Waals surface area contributed by atoms with E-state index >= 15 is 0 Å². The molecule has 0 saturated heterocycles. The monoisotopic (exact) mass is 296 g/mol. The molecule has 108 valence electrons. The minimum Gasteiger partial charge on any atom is -0.463 e. The summed E-state index contributed by atoms with van der Waals surface area (Å²) in [5.41, 5.74) is 5.97. The summed E-state index contributed by atoms with van der Waals surface area (Å²) >= 11 is 5.97. The first-order valence-corrected chi connectivity index (χ1v) is 6.83. The first-order valence-electron chi connectivity index (χ1n) is 6.45. The number of carbonyl (C=O) groups is 1. The van der Waals surface area contributed by atoms with Gasteiger partial charge in [0.2, 0.25) is 5.60 Å². The lowest BCUT2D eigenvalue weighted by molar-refractivity contribution is -0.168. The third-order valence-electron chi connectivity index (χ3n) is 3.10. The minimum atomic E-state index is -1.13. The van der Waals surface area contributed by atoms with E-state index in [4.69, 9.17) is 26.9 Å². The fraction of sp³-hybridized carbons (Fsp3) is 0.429. The van der Waals surface area contributed by atoms with Gasteiger partial charge in [0.1, 0.15) is 0 Å². The van der Waals surface area contributed by atoms with Crippen LogP contribution in [-0.4, -0.2) is 30.4 Å². The van der Waals surface area contributed by atoms with E-state index in [1.54, 1.807) is 19.1 Å². The molecule has 0 spiro atoms. The summed E-state index contributed by atoms with van der Waals surface area (Å²) in [6.45, 7) is 2.30. The van der Waals surface area contributed by atoms with Gasteiger partial charge in [-0.3, -0.25) is 0 Å². The van der Waals surface area contributed by atoms with Gasteiger partial charge >= 0.3 is 5.97 Å². The molecule has 0 radical (unpaired) electrons. The van der Waals surface area contributed by atoms with Crippen LogP contribution in [0.25, 0.3) is 0 Å². The summed E-state index contributed by atoms with van der Waals surface area (Å²) in [6.07, 6.45) is 0.689. The summed E-state index contributed by atoms with van der Waals surface area (Å²) in [4.78, 5) is 17.6. The van der Waals surface area contributed by atoms with Crippen LogP contribution >= 0.6 is 11.6 Å². The fourth-order valence-electron chi connectivity index (χ4n) is 2.17. The van der Waals surface area contributed by atoms with E-state index in [-0.39, 0.29) is 13.2 Å². The number of nitrogens with two attached hydrogens (primary N) is 1. The largest absolute Gasteiger partial charge is 0.463 e. The van der Waals surface area contributed by atoms with Gasteiger partial charge in [0.15, 0.2) is 0 Å². The predicted molar refractivity (Wildman–Crippen MR) is 76.7 cm³/mol. The third kappa shape index (κ3) is 3.11. The second-order valence-corrected chi connectivity index (χ2v) is 5.09. The second kappa shape index (κ2) is 6.24. The quantitative estimate of drug-likeness (QED) is 0.843. The van der Waals surface area contributed by atoms with Crippen molar-refractivity contribution in [3.8, 4) is 0 Å². The first kappa shape index (κ1) is 14.8. The van der Waals surface area contributed by atoms with Gasteiger partial charge in [-0.2, -0.15) is 0 Å². The molecule has 1 aromatic carbocycles. The van der Waals surface area contributed by atoms with E-state index in [9.17, 15) is 4.79 Å². The Kier molecular flexibility index (Phi) is 4.62. The Hall–Kier alpha value is -1.59. The Morgan fingerprint density at radius 1 is 1.60 bits per heavy atom. The van der Waals surface area contributed by atoms with Crippen LogP contribution in [0.1, 0.15) is 18.9 Å². The molecular weight excluding hydrogens is 280 g/mol. The van der Waals surface area contributed by atoms with Crippen molar-refractivity contribution >= 4 is 23.3 Å². The molecule has 0 bridgehead atoms. The third-order valence-corrected chi connectivity index (χ3v) is 3.34. The number of esters is 1. The van der Waals surface area contributed by atoms with Gasteiger partial charge in [0.25, 0.3) is 0 Å². The van der Waals surface area contributed by atoms with Crippen molar-refractivity contribution in [2.45, 2.75) is 25.4 Å². The van der Waals surface area contributed by atoms with Crippen LogP contribution in [0.15, 0.2) is 29.4 Å². The molecular formula is C14H17ClN2O3. The topological polar surface area (TPSA) is 73.9 Å². The maximum Gasteiger partial charge on any atom is 0.354 e. The van der Waals surface area contributed by atoms with Crippen molar-refractivity contribution in [1.82, 2.24) is 0 Å². The van der Waals surface area contributed by atoms with Crippen LogP contribution in [-0.2, 0) is 20.8 Å².